The molecule has 0 aliphatic carbocycles. The van der Waals surface area contributed by atoms with E-state index in [9.17, 15) is 0 Å². The number of para-hydroxylation sites is 1. The molecule has 0 amide bonds. The second kappa shape index (κ2) is 11.5. The Morgan fingerprint density at radius 1 is 0.800 bits per heavy atom. The van der Waals surface area contributed by atoms with E-state index in [1.807, 2.05) is 18.2 Å². The molecule has 0 aromatic heterocycles. The molecular formula is C27H42NO2+. The van der Waals surface area contributed by atoms with Crippen LogP contribution in [-0.2, 0) is 11.3 Å². The Morgan fingerprint density at radius 2 is 1.33 bits per heavy atom. The Labute approximate surface area is 184 Å². The zero-order chi connectivity index (χ0) is 22.0. The summed E-state index contributed by atoms with van der Waals surface area (Å²) in [7, 11) is 4.54. The van der Waals surface area contributed by atoms with Gasteiger partial charge >= 0.3 is 0 Å². The normalized spacial score (nSPS) is 12.5. The first kappa shape index (κ1) is 24.4. The second-order valence-electron chi connectivity index (χ2n) is 10.1. The smallest absolute Gasteiger partial charge is 0.133 e. The topological polar surface area (TPSA) is 18.5 Å². The van der Waals surface area contributed by atoms with Crippen LogP contribution in [0.25, 0.3) is 0 Å². The highest BCUT2D eigenvalue weighted by molar-refractivity contribution is 5.22. The van der Waals surface area contributed by atoms with Crippen molar-refractivity contribution in [3.63, 3.8) is 0 Å². The van der Waals surface area contributed by atoms with Crippen molar-refractivity contribution < 1.29 is 14.0 Å². The number of quaternary nitrogens is 1. The first-order valence-electron chi connectivity index (χ1n) is 11.4. The average Bonchev–Trinajstić information content (AvgIpc) is 2.65. The molecule has 2 aromatic carbocycles. The van der Waals surface area contributed by atoms with E-state index in [1.54, 1.807) is 0 Å². The minimum absolute atomic E-state index is 0.291. The van der Waals surface area contributed by atoms with Crippen LogP contribution in [0.3, 0.4) is 0 Å². The lowest BCUT2D eigenvalue weighted by atomic mass is 9.85. The minimum atomic E-state index is -0.291. The van der Waals surface area contributed by atoms with Gasteiger partial charge in [0, 0.05) is 5.56 Å². The Bertz CT molecular complexity index is 700. The maximum atomic E-state index is 6.62. The first-order chi connectivity index (χ1) is 14.2. The predicted octanol–water partition coefficient (Wildman–Crippen LogP) is 6.19. The largest absolute Gasteiger partial charge is 0.485 e. The van der Waals surface area contributed by atoms with Gasteiger partial charge in [-0.05, 0) is 36.8 Å². The van der Waals surface area contributed by atoms with Crippen LogP contribution in [0.5, 0.6) is 5.75 Å². The summed E-state index contributed by atoms with van der Waals surface area (Å²) in [5, 5.41) is 0. The van der Waals surface area contributed by atoms with Crippen molar-refractivity contribution in [2.45, 2.75) is 52.7 Å². The SMILES string of the molecule is CC(C)CC(COCC[N+](C)(C)Cc1ccccc1)(CC(C)C)Oc1ccccc1. The Kier molecular flexibility index (Phi) is 9.38. The molecule has 0 atom stereocenters. The molecule has 0 unspecified atom stereocenters. The monoisotopic (exact) mass is 412 g/mol. The third-order valence-corrected chi connectivity index (χ3v) is 5.30. The molecule has 30 heavy (non-hydrogen) atoms. The van der Waals surface area contributed by atoms with Crippen LogP contribution < -0.4 is 4.74 Å². The molecule has 166 valence electrons. The van der Waals surface area contributed by atoms with Crippen molar-refractivity contribution in [2.75, 3.05) is 33.9 Å². The summed E-state index contributed by atoms with van der Waals surface area (Å²) in [6.07, 6.45) is 1.98. The van der Waals surface area contributed by atoms with Crippen molar-refractivity contribution in [3.8, 4) is 5.75 Å². The van der Waals surface area contributed by atoms with E-state index in [0.717, 1.165) is 42.8 Å². The average molecular weight is 413 g/mol. The molecule has 2 aromatic rings. The maximum Gasteiger partial charge on any atom is 0.133 e. The number of rotatable bonds is 13. The van der Waals surface area contributed by atoms with Crippen LogP contribution in [0.1, 0.15) is 46.1 Å². The summed E-state index contributed by atoms with van der Waals surface area (Å²) < 4.78 is 13.8. The maximum absolute atomic E-state index is 6.62. The number of benzene rings is 2. The van der Waals surface area contributed by atoms with Crippen molar-refractivity contribution in [1.82, 2.24) is 0 Å². The molecule has 3 nitrogen and oxygen atoms in total. The van der Waals surface area contributed by atoms with Gasteiger partial charge in [0.15, 0.2) is 0 Å². The first-order valence-corrected chi connectivity index (χ1v) is 11.4. The van der Waals surface area contributed by atoms with E-state index in [0.29, 0.717) is 18.4 Å². The van der Waals surface area contributed by atoms with E-state index in [2.05, 4.69) is 84.3 Å². The molecule has 0 saturated carbocycles. The Balaban J connectivity index is 2.00. The van der Waals surface area contributed by atoms with Gasteiger partial charge < -0.3 is 14.0 Å². The fourth-order valence-corrected chi connectivity index (χ4v) is 4.27. The second-order valence-corrected chi connectivity index (χ2v) is 10.1. The van der Waals surface area contributed by atoms with Crippen molar-refractivity contribution in [2.24, 2.45) is 11.8 Å². The van der Waals surface area contributed by atoms with Gasteiger partial charge in [0.05, 0.1) is 27.3 Å². The molecule has 0 aliphatic rings. The van der Waals surface area contributed by atoms with Crippen LogP contribution in [0.4, 0.5) is 0 Å². The summed E-state index contributed by atoms with van der Waals surface area (Å²) in [6.45, 7) is 12.4. The third-order valence-electron chi connectivity index (χ3n) is 5.30. The van der Waals surface area contributed by atoms with E-state index in [1.165, 1.54) is 5.56 Å². The number of likely N-dealkylation sites (N-methyl/N-ethyl adjacent to an activating group) is 1. The molecule has 0 radical (unpaired) electrons. The zero-order valence-corrected chi connectivity index (χ0v) is 19.9. The van der Waals surface area contributed by atoms with Gasteiger partial charge in [-0.1, -0.05) is 76.2 Å². The van der Waals surface area contributed by atoms with Crippen LogP contribution in [0, 0.1) is 11.8 Å². The van der Waals surface area contributed by atoms with Crippen molar-refractivity contribution in [1.29, 1.82) is 0 Å². The minimum Gasteiger partial charge on any atom is -0.485 e. The lowest BCUT2D eigenvalue weighted by Gasteiger charge is -2.38. The summed E-state index contributed by atoms with van der Waals surface area (Å²) in [5.74, 6) is 2.02. The van der Waals surface area contributed by atoms with Gasteiger partial charge in [-0.2, -0.15) is 0 Å². The van der Waals surface area contributed by atoms with Crippen LogP contribution >= 0.6 is 0 Å². The van der Waals surface area contributed by atoms with Gasteiger partial charge in [0.1, 0.15) is 24.4 Å². The summed E-state index contributed by atoms with van der Waals surface area (Å²) in [4.78, 5) is 0. The Hall–Kier alpha value is -1.84. The molecule has 0 heterocycles. The molecule has 0 aliphatic heterocycles. The van der Waals surface area contributed by atoms with E-state index >= 15 is 0 Å². The van der Waals surface area contributed by atoms with Gasteiger partial charge in [0.25, 0.3) is 0 Å². The zero-order valence-electron chi connectivity index (χ0n) is 19.9. The van der Waals surface area contributed by atoms with Crippen LogP contribution in [-0.4, -0.2) is 43.9 Å². The summed E-state index contributed by atoms with van der Waals surface area (Å²) in [5.41, 5.74) is 1.07. The fraction of sp³-hybridized carbons (Fsp3) is 0.556. The number of hydrogen-bond donors (Lipinski definition) is 0. The molecule has 0 spiro atoms. The van der Waals surface area contributed by atoms with Gasteiger partial charge in [-0.25, -0.2) is 0 Å². The van der Waals surface area contributed by atoms with Gasteiger partial charge in [-0.3, -0.25) is 0 Å². The molecule has 0 fully saturated rings. The van der Waals surface area contributed by atoms with Crippen molar-refractivity contribution in [3.05, 3.63) is 66.2 Å². The predicted molar refractivity (Wildman–Crippen MR) is 127 cm³/mol. The third kappa shape index (κ3) is 8.89. The van der Waals surface area contributed by atoms with Gasteiger partial charge in [0.2, 0.25) is 0 Å². The standard InChI is InChI=1S/C27H42NO2/c1-23(2)19-27(20-24(3)4,30-26-15-11-8-12-16-26)22-29-18-17-28(5,6)21-25-13-9-7-10-14-25/h7-16,23-24H,17-22H2,1-6H3/q+1. The number of hydrogen-bond acceptors (Lipinski definition) is 2. The number of nitrogens with zero attached hydrogens (tertiary/aromatic N) is 1. The molecule has 0 saturated heterocycles. The van der Waals surface area contributed by atoms with Crippen molar-refractivity contribution >= 4 is 0 Å². The lowest BCUT2D eigenvalue weighted by molar-refractivity contribution is -0.904. The van der Waals surface area contributed by atoms with E-state index in [4.69, 9.17) is 9.47 Å². The highest BCUT2D eigenvalue weighted by Gasteiger charge is 2.35. The summed E-state index contributed by atoms with van der Waals surface area (Å²) >= 11 is 0. The van der Waals surface area contributed by atoms with Gasteiger partial charge in [-0.15, -0.1) is 0 Å². The molecule has 2 rings (SSSR count). The van der Waals surface area contributed by atoms with E-state index in [-0.39, 0.29) is 5.60 Å². The fourth-order valence-electron chi connectivity index (χ4n) is 4.27. The molecule has 0 bridgehead atoms. The van der Waals surface area contributed by atoms with Crippen LogP contribution in [0.2, 0.25) is 0 Å². The summed E-state index contributed by atoms with van der Waals surface area (Å²) in [6, 6.07) is 20.9. The Morgan fingerprint density at radius 3 is 1.87 bits per heavy atom. The highest BCUT2D eigenvalue weighted by Crippen LogP contribution is 2.31. The quantitative estimate of drug-likeness (QED) is 0.288. The molecule has 0 N–H and O–H groups in total. The highest BCUT2D eigenvalue weighted by atomic mass is 16.5. The molecule has 3 heteroatoms. The number of ether oxygens (including phenoxy) is 2. The van der Waals surface area contributed by atoms with E-state index < -0.39 is 0 Å². The molecular weight excluding hydrogens is 370 g/mol. The van der Waals surface area contributed by atoms with Crippen LogP contribution in [0.15, 0.2) is 60.7 Å². The lowest BCUT2D eigenvalue weighted by Crippen LogP contribution is -2.46.